The van der Waals surface area contributed by atoms with E-state index in [1.54, 1.807) is 7.11 Å². The Bertz CT molecular complexity index is 378. The summed E-state index contributed by atoms with van der Waals surface area (Å²) >= 11 is 1.81. The quantitative estimate of drug-likeness (QED) is 0.865. The Balaban J connectivity index is 1.56. The van der Waals surface area contributed by atoms with Gasteiger partial charge in [-0.3, -0.25) is 0 Å². The Hall–Kier alpha value is -0.650. The Morgan fingerprint density at radius 3 is 3.12 bits per heavy atom. The van der Waals surface area contributed by atoms with Crippen LogP contribution >= 0.6 is 11.3 Å². The van der Waals surface area contributed by atoms with E-state index in [0.29, 0.717) is 6.10 Å². The summed E-state index contributed by atoms with van der Waals surface area (Å²) in [4.78, 5) is 8.19. The second-order valence-corrected chi connectivity index (χ2v) is 5.95. The van der Waals surface area contributed by atoms with Crippen molar-refractivity contribution < 1.29 is 4.74 Å². The smallest absolute Gasteiger partial charge is 0.185 e. The topological polar surface area (TPSA) is 37.4 Å². The van der Waals surface area contributed by atoms with Crippen LogP contribution in [0.25, 0.3) is 0 Å². The predicted molar refractivity (Wildman–Crippen MR) is 69.6 cm³/mol. The molecular formula is C12H19N3OS. The lowest BCUT2D eigenvalue weighted by Gasteiger charge is -2.13. The molecule has 1 aliphatic carbocycles. The molecule has 1 saturated carbocycles. The summed E-state index contributed by atoms with van der Waals surface area (Å²) in [5.41, 5.74) is 0. The standard InChI is InChI=1S/C12H19N3OS/c1-16-10-4-5-15(8-10)12-14-7-11(17-12)6-13-9-2-3-9/h7,9-10,13H,2-6,8H2,1H3. The molecule has 2 heterocycles. The Morgan fingerprint density at radius 2 is 2.41 bits per heavy atom. The first-order valence-corrected chi connectivity index (χ1v) is 7.12. The molecule has 1 aliphatic heterocycles. The van der Waals surface area contributed by atoms with Crippen LogP contribution in [-0.4, -0.2) is 37.3 Å². The highest BCUT2D eigenvalue weighted by Gasteiger charge is 2.24. The number of ether oxygens (including phenoxy) is 1. The summed E-state index contributed by atoms with van der Waals surface area (Å²) in [7, 11) is 1.79. The molecule has 2 aliphatic rings. The number of thiazole rings is 1. The van der Waals surface area contributed by atoms with E-state index < -0.39 is 0 Å². The van der Waals surface area contributed by atoms with Gasteiger partial charge in [-0.1, -0.05) is 0 Å². The molecule has 1 unspecified atom stereocenters. The minimum atomic E-state index is 0.381. The molecule has 5 heteroatoms. The normalized spacial score (nSPS) is 24.5. The van der Waals surface area contributed by atoms with Gasteiger partial charge in [-0.25, -0.2) is 4.98 Å². The van der Waals surface area contributed by atoms with E-state index in [9.17, 15) is 0 Å². The predicted octanol–water partition coefficient (Wildman–Crippen LogP) is 1.62. The number of hydrogen-bond acceptors (Lipinski definition) is 5. The minimum Gasteiger partial charge on any atom is -0.380 e. The molecule has 1 aromatic heterocycles. The molecule has 1 saturated heterocycles. The third-order valence-electron chi connectivity index (χ3n) is 3.43. The van der Waals surface area contributed by atoms with Crippen LogP contribution in [-0.2, 0) is 11.3 Å². The minimum absolute atomic E-state index is 0.381. The number of rotatable bonds is 5. The summed E-state index contributed by atoms with van der Waals surface area (Å²) in [6.45, 7) is 3.03. The monoisotopic (exact) mass is 253 g/mol. The maximum atomic E-state index is 5.38. The molecule has 0 bridgehead atoms. The fraction of sp³-hybridized carbons (Fsp3) is 0.750. The van der Waals surface area contributed by atoms with E-state index >= 15 is 0 Å². The number of nitrogens with one attached hydrogen (secondary N) is 1. The summed E-state index contributed by atoms with van der Waals surface area (Å²) in [5.74, 6) is 0. The van der Waals surface area contributed by atoms with Crippen molar-refractivity contribution in [3.63, 3.8) is 0 Å². The van der Waals surface area contributed by atoms with Crippen molar-refractivity contribution in [2.45, 2.75) is 38.0 Å². The van der Waals surface area contributed by atoms with Crippen molar-refractivity contribution in [3.05, 3.63) is 11.1 Å². The van der Waals surface area contributed by atoms with Crippen molar-refractivity contribution in [1.82, 2.24) is 10.3 Å². The second kappa shape index (κ2) is 4.92. The zero-order valence-corrected chi connectivity index (χ0v) is 11.0. The molecule has 0 amide bonds. The maximum absolute atomic E-state index is 5.38. The molecule has 0 aromatic carbocycles. The van der Waals surface area contributed by atoms with Gasteiger partial charge in [-0.05, 0) is 19.3 Å². The highest BCUT2D eigenvalue weighted by molar-refractivity contribution is 7.15. The third kappa shape index (κ3) is 2.78. The molecule has 1 atom stereocenters. The van der Waals surface area contributed by atoms with Crippen LogP contribution in [0, 0.1) is 0 Å². The first-order valence-electron chi connectivity index (χ1n) is 6.31. The fourth-order valence-electron chi connectivity index (χ4n) is 2.15. The van der Waals surface area contributed by atoms with Gasteiger partial charge in [-0.15, -0.1) is 11.3 Å². The summed E-state index contributed by atoms with van der Waals surface area (Å²) < 4.78 is 5.38. The summed E-state index contributed by atoms with van der Waals surface area (Å²) in [6, 6.07) is 0.769. The van der Waals surface area contributed by atoms with Crippen molar-refractivity contribution >= 4 is 16.5 Å². The summed E-state index contributed by atoms with van der Waals surface area (Å²) in [5, 5.41) is 4.67. The van der Waals surface area contributed by atoms with E-state index in [1.165, 1.54) is 17.7 Å². The van der Waals surface area contributed by atoms with Gasteiger partial charge >= 0.3 is 0 Å². The van der Waals surface area contributed by atoms with Crippen LogP contribution in [0.1, 0.15) is 24.1 Å². The molecule has 1 aromatic rings. The number of aromatic nitrogens is 1. The molecule has 4 nitrogen and oxygen atoms in total. The van der Waals surface area contributed by atoms with Crippen molar-refractivity contribution in [2.75, 3.05) is 25.1 Å². The van der Waals surface area contributed by atoms with E-state index in [1.807, 2.05) is 17.5 Å². The lowest BCUT2D eigenvalue weighted by Crippen LogP contribution is -2.21. The molecule has 3 rings (SSSR count). The largest absolute Gasteiger partial charge is 0.380 e. The lowest BCUT2D eigenvalue weighted by atomic mass is 10.3. The zero-order chi connectivity index (χ0) is 11.7. The van der Waals surface area contributed by atoms with Gasteiger partial charge in [0, 0.05) is 43.9 Å². The van der Waals surface area contributed by atoms with Gasteiger partial charge in [0.05, 0.1) is 6.10 Å². The van der Waals surface area contributed by atoms with Crippen LogP contribution in [0.15, 0.2) is 6.20 Å². The Kier molecular flexibility index (Phi) is 3.31. The molecule has 2 fully saturated rings. The first-order chi connectivity index (χ1) is 8.35. The van der Waals surface area contributed by atoms with Gasteiger partial charge in [-0.2, -0.15) is 0 Å². The Labute approximate surface area is 106 Å². The molecule has 0 spiro atoms. The van der Waals surface area contributed by atoms with Gasteiger partial charge in [0.15, 0.2) is 5.13 Å². The first kappa shape index (κ1) is 11.4. The van der Waals surface area contributed by atoms with Crippen molar-refractivity contribution in [3.8, 4) is 0 Å². The van der Waals surface area contributed by atoms with Gasteiger partial charge < -0.3 is 15.0 Å². The van der Waals surface area contributed by atoms with E-state index in [-0.39, 0.29) is 0 Å². The van der Waals surface area contributed by atoms with E-state index in [2.05, 4.69) is 15.2 Å². The van der Waals surface area contributed by atoms with Crippen LogP contribution in [0.5, 0.6) is 0 Å². The Morgan fingerprint density at radius 1 is 1.53 bits per heavy atom. The van der Waals surface area contributed by atoms with Gasteiger partial charge in [0.2, 0.25) is 0 Å². The third-order valence-corrected chi connectivity index (χ3v) is 4.49. The average molecular weight is 253 g/mol. The number of nitrogens with zero attached hydrogens (tertiary/aromatic N) is 2. The molecule has 94 valence electrons. The molecular weight excluding hydrogens is 234 g/mol. The van der Waals surface area contributed by atoms with E-state index in [4.69, 9.17) is 4.74 Å². The number of hydrogen-bond donors (Lipinski definition) is 1. The van der Waals surface area contributed by atoms with E-state index in [0.717, 1.165) is 37.2 Å². The highest BCUT2D eigenvalue weighted by Crippen LogP contribution is 2.27. The second-order valence-electron chi connectivity index (χ2n) is 4.86. The van der Waals surface area contributed by atoms with Crippen LogP contribution in [0.2, 0.25) is 0 Å². The summed E-state index contributed by atoms with van der Waals surface area (Å²) in [6.07, 6.45) is 6.19. The number of methoxy groups -OCH3 is 1. The van der Waals surface area contributed by atoms with Crippen LogP contribution in [0.4, 0.5) is 5.13 Å². The highest BCUT2D eigenvalue weighted by atomic mass is 32.1. The maximum Gasteiger partial charge on any atom is 0.185 e. The lowest BCUT2D eigenvalue weighted by molar-refractivity contribution is 0.121. The SMILES string of the molecule is COC1CCN(c2ncc(CNC3CC3)s2)C1. The van der Waals surface area contributed by atoms with Crippen LogP contribution in [0.3, 0.4) is 0 Å². The molecule has 1 N–H and O–H groups in total. The molecule has 0 radical (unpaired) electrons. The number of anilines is 1. The zero-order valence-electron chi connectivity index (χ0n) is 10.2. The average Bonchev–Trinajstić information content (AvgIpc) is 2.89. The van der Waals surface area contributed by atoms with Gasteiger partial charge in [0.1, 0.15) is 0 Å². The van der Waals surface area contributed by atoms with Crippen molar-refractivity contribution in [1.29, 1.82) is 0 Å². The van der Waals surface area contributed by atoms with Crippen LogP contribution < -0.4 is 10.2 Å². The fourth-order valence-corrected chi connectivity index (χ4v) is 3.05. The van der Waals surface area contributed by atoms with Gasteiger partial charge in [0.25, 0.3) is 0 Å². The van der Waals surface area contributed by atoms with Crippen molar-refractivity contribution in [2.24, 2.45) is 0 Å². The molecule has 17 heavy (non-hydrogen) atoms.